The molecule has 0 unspecified atom stereocenters. The highest BCUT2D eigenvalue weighted by molar-refractivity contribution is 5.95. The van der Waals surface area contributed by atoms with E-state index >= 15 is 0 Å². The lowest BCUT2D eigenvalue weighted by molar-refractivity contribution is -0.119. The van der Waals surface area contributed by atoms with Crippen molar-refractivity contribution in [2.24, 2.45) is 0 Å². The number of amides is 2. The highest BCUT2D eigenvalue weighted by Gasteiger charge is 2.14. The first-order valence-corrected chi connectivity index (χ1v) is 10.1. The van der Waals surface area contributed by atoms with Gasteiger partial charge in [0.1, 0.15) is 0 Å². The number of carbonyl (C=O) groups excluding carboxylic acids is 2. The summed E-state index contributed by atoms with van der Waals surface area (Å²) >= 11 is 0. The number of aryl methyl sites for hydroxylation is 1. The molecule has 1 saturated heterocycles. The monoisotopic (exact) mass is 394 g/mol. The van der Waals surface area contributed by atoms with Gasteiger partial charge in [-0.3, -0.25) is 14.5 Å². The molecule has 0 aliphatic carbocycles. The highest BCUT2D eigenvalue weighted by Crippen LogP contribution is 2.22. The maximum absolute atomic E-state index is 12.3. The quantitative estimate of drug-likeness (QED) is 0.755. The Morgan fingerprint density at radius 3 is 2.21 bits per heavy atom. The molecule has 6 nitrogen and oxygen atoms in total. The Balaban J connectivity index is 1.46. The minimum atomic E-state index is -0.138. The number of carbonyl (C=O) groups is 2. The SMILES string of the molecule is Cc1cccc(NC(=O)CN(C)CC(=O)Nc2ccc(N3CCCC3)cc2)c1C. The Morgan fingerprint density at radius 1 is 0.931 bits per heavy atom. The average Bonchev–Trinajstić information content (AvgIpc) is 3.20. The van der Waals surface area contributed by atoms with E-state index in [0.29, 0.717) is 0 Å². The van der Waals surface area contributed by atoms with Crippen molar-refractivity contribution in [3.05, 3.63) is 53.6 Å². The van der Waals surface area contributed by atoms with Gasteiger partial charge in [-0.2, -0.15) is 0 Å². The minimum absolute atomic E-state index is 0.135. The van der Waals surface area contributed by atoms with Gasteiger partial charge in [-0.1, -0.05) is 12.1 Å². The summed E-state index contributed by atoms with van der Waals surface area (Å²) < 4.78 is 0. The molecule has 0 spiro atoms. The van der Waals surface area contributed by atoms with Gasteiger partial charge in [-0.05, 0) is 75.2 Å². The van der Waals surface area contributed by atoms with E-state index in [9.17, 15) is 9.59 Å². The van der Waals surface area contributed by atoms with Gasteiger partial charge in [0.2, 0.25) is 11.8 Å². The molecule has 154 valence electrons. The van der Waals surface area contributed by atoms with Crippen molar-refractivity contribution >= 4 is 28.9 Å². The summed E-state index contributed by atoms with van der Waals surface area (Å²) in [7, 11) is 1.76. The Kier molecular flexibility index (Phi) is 6.88. The molecule has 2 aromatic rings. The van der Waals surface area contributed by atoms with E-state index in [1.165, 1.54) is 18.5 Å². The van der Waals surface area contributed by atoms with Crippen LogP contribution in [0.3, 0.4) is 0 Å². The fourth-order valence-corrected chi connectivity index (χ4v) is 3.55. The standard InChI is InChI=1S/C23H30N4O2/c1-17-7-6-8-21(18(17)2)25-23(29)16-26(3)15-22(28)24-19-9-11-20(12-10-19)27-13-4-5-14-27/h6-12H,4-5,13-16H2,1-3H3,(H,24,28)(H,25,29). The molecule has 3 rings (SSSR count). The Labute approximate surface area is 172 Å². The molecule has 0 saturated carbocycles. The summed E-state index contributed by atoms with van der Waals surface area (Å²) in [5.74, 6) is -0.273. The van der Waals surface area contributed by atoms with Gasteiger partial charge in [0.05, 0.1) is 13.1 Å². The smallest absolute Gasteiger partial charge is 0.238 e. The third-order valence-corrected chi connectivity index (χ3v) is 5.33. The van der Waals surface area contributed by atoms with Crippen LogP contribution in [0.2, 0.25) is 0 Å². The summed E-state index contributed by atoms with van der Waals surface area (Å²) in [6, 6.07) is 13.8. The van der Waals surface area contributed by atoms with Gasteiger partial charge in [0.15, 0.2) is 0 Å². The fourth-order valence-electron chi connectivity index (χ4n) is 3.55. The maximum Gasteiger partial charge on any atom is 0.238 e. The van der Waals surface area contributed by atoms with E-state index in [-0.39, 0.29) is 24.9 Å². The number of rotatable bonds is 7. The molecular formula is C23H30N4O2. The van der Waals surface area contributed by atoms with Crippen LogP contribution in [0.15, 0.2) is 42.5 Å². The predicted octanol–water partition coefficient (Wildman–Crippen LogP) is 3.41. The summed E-state index contributed by atoms with van der Waals surface area (Å²) in [5.41, 5.74) is 4.96. The fraction of sp³-hybridized carbons (Fsp3) is 0.391. The summed E-state index contributed by atoms with van der Waals surface area (Å²) in [4.78, 5) is 28.7. The number of nitrogens with one attached hydrogen (secondary N) is 2. The second kappa shape index (κ2) is 9.56. The van der Waals surface area contributed by atoms with Crippen LogP contribution in [0.5, 0.6) is 0 Å². The summed E-state index contributed by atoms with van der Waals surface area (Å²) in [6.45, 7) is 6.49. The number of benzene rings is 2. The van der Waals surface area contributed by atoms with Crippen molar-refractivity contribution in [1.82, 2.24) is 4.90 Å². The van der Waals surface area contributed by atoms with E-state index in [1.807, 2.05) is 56.3 Å². The number of likely N-dealkylation sites (N-methyl/N-ethyl adjacent to an activating group) is 1. The highest BCUT2D eigenvalue weighted by atomic mass is 16.2. The third kappa shape index (κ3) is 5.81. The van der Waals surface area contributed by atoms with E-state index < -0.39 is 0 Å². The third-order valence-electron chi connectivity index (χ3n) is 5.33. The first-order chi connectivity index (χ1) is 13.9. The molecule has 2 aromatic carbocycles. The molecule has 1 aliphatic heterocycles. The van der Waals surface area contributed by atoms with Crippen molar-refractivity contribution in [3.63, 3.8) is 0 Å². The summed E-state index contributed by atoms with van der Waals surface area (Å²) in [6.07, 6.45) is 2.48. The lowest BCUT2D eigenvalue weighted by Gasteiger charge is -2.19. The molecule has 29 heavy (non-hydrogen) atoms. The number of anilines is 3. The molecule has 6 heteroatoms. The lowest BCUT2D eigenvalue weighted by atomic mass is 10.1. The first kappa shape index (κ1) is 20.9. The number of hydrogen-bond donors (Lipinski definition) is 2. The predicted molar refractivity (Wildman–Crippen MR) is 119 cm³/mol. The van der Waals surface area contributed by atoms with Gasteiger partial charge in [-0.15, -0.1) is 0 Å². The van der Waals surface area contributed by atoms with E-state index in [4.69, 9.17) is 0 Å². The van der Waals surface area contributed by atoms with E-state index in [1.54, 1.807) is 11.9 Å². The van der Waals surface area contributed by atoms with E-state index in [0.717, 1.165) is 35.6 Å². The zero-order chi connectivity index (χ0) is 20.8. The van der Waals surface area contributed by atoms with Gasteiger partial charge in [-0.25, -0.2) is 0 Å². The Morgan fingerprint density at radius 2 is 1.55 bits per heavy atom. The number of hydrogen-bond acceptors (Lipinski definition) is 4. The van der Waals surface area contributed by atoms with Crippen molar-refractivity contribution in [3.8, 4) is 0 Å². The van der Waals surface area contributed by atoms with Crippen molar-refractivity contribution in [1.29, 1.82) is 0 Å². The normalized spacial score (nSPS) is 13.6. The van der Waals surface area contributed by atoms with Gasteiger partial charge >= 0.3 is 0 Å². The van der Waals surface area contributed by atoms with Crippen LogP contribution in [0.1, 0.15) is 24.0 Å². The second-order valence-corrected chi connectivity index (χ2v) is 7.76. The van der Waals surface area contributed by atoms with Gasteiger partial charge in [0.25, 0.3) is 0 Å². The molecule has 0 atom stereocenters. The average molecular weight is 395 g/mol. The Bertz CT molecular complexity index is 858. The lowest BCUT2D eigenvalue weighted by Crippen LogP contribution is -2.36. The van der Waals surface area contributed by atoms with E-state index in [2.05, 4.69) is 15.5 Å². The molecule has 2 N–H and O–H groups in total. The molecular weight excluding hydrogens is 364 g/mol. The Hall–Kier alpha value is -2.86. The molecule has 1 aliphatic rings. The van der Waals surface area contributed by atoms with Crippen LogP contribution in [0, 0.1) is 13.8 Å². The zero-order valence-electron chi connectivity index (χ0n) is 17.5. The van der Waals surface area contributed by atoms with Crippen molar-refractivity contribution in [2.75, 3.05) is 48.8 Å². The molecule has 0 bridgehead atoms. The van der Waals surface area contributed by atoms with Crippen LogP contribution in [-0.4, -0.2) is 49.9 Å². The van der Waals surface area contributed by atoms with Crippen LogP contribution >= 0.6 is 0 Å². The maximum atomic E-state index is 12.3. The van der Waals surface area contributed by atoms with Gasteiger partial charge in [0, 0.05) is 30.2 Å². The topological polar surface area (TPSA) is 64.7 Å². The zero-order valence-corrected chi connectivity index (χ0v) is 17.5. The van der Waals surface area contributed by atoms with Gasteiger partial charge < -0.3 is 15.5 Å². The van der Waals surface area contributed by atoms with Crippen LogP contribution in [0.4, 0.5) is 17.1 Å². The minimum Gasteiger partial charge on any atom is -0.372 e. The first-order valence-electron chi connectivity index (χ1n) is 10.1. The van der Waals surface area contributed by atoms with Crippen molar-refractivity contribution < 1.29 is 9.59 Å². The summed E-state index contributed by atoms with van der Waals surface area (Å²) in [5, 5.41) is 5.82. The van der Waals surface area contributed by atoms with Crippen LogP contribution in [-0.2, 0) is 9.59 Å². The van der Waals surface area contributed by atoms with Crippen LogP contribution in [0.25, 0.3) is 0 Å². The number of nitrogens with zero attached hydrogens (tertiary/aromatic N) is 2. The molecule has 1 heterocycles. The molecule has 0 radical (unpaired) electrons. The molecule has 1 fully saturated rings. The van der Waals surface area contributed by atoms with Crippen molar-refractivity contribution in [2.45, 2.75) is 26.7 Å². The molecule has 2 amide bonds. The van der Waals surface area contributed by atoms with Crippen LogP contribution < -0.4 is 15.5 Å². The largest absolute Gasteiger partial charge is 0.372 e. The molecule has 0 aromatic heterocycles. The second-order valence-electron chi connectivity index (χ2n) is 7.76.